The van der Waals surface area contributed by atoms with Gasteiger partial charge in [0.05, 0.1) is 19.8 Å². The third-order valence-electron chi connectivity index (χ3n) is 4.15. The van der Waals surface area contributed by atoms with Crippen LogP contribution in [-0.4, -0.2) is 20.0 Å². The van der Waals surface area contributed by atoms with Crippen molar-refractivity contribution in [2.45, 2.75) is 44.9 Å². The number of benzene rings is 1. The highest BCUT2D eigenvalue weighted by Gasteiger charge is 2.23. The van der Waals surface area contributed by atoms with Crippen molar-refractivity contribution in [3.05, 3.63) is 23.8 Å². The summed E-state index contributed by atoms with van der Waals surface area (Å²) in [5.74, 6) is 1.72. The number of rotatable bonds is 4. The maximum Gasteiger partial charge on any atom is 0.169 e. The lowest BCUT2D eigenvalue weighted by Gasteiger charge is -2.19. The maximum atomic E-state index is 12.7. The third kappa shape index (κ3) is 3.53. The Morgan fingerprint density at radius 3 is 2.25 bits per heavy atom. The van der Waals surface area contributed by atoms with Crippen LogP contribution in [-0.2, 0) is 0 Å². The minimum absolute atomic E-state index is 0.151. The summed E-state index contributed by atoms with van der Waals surface area (Å²) in [5, 5.41) is 0. The van der Waals surface area contributed by atoms with Gasteiger partial charge in [0.1, 0.15) is 11.5 Å². The fourth-order valence-electron chi connectivity index (χ4n) is 2.94. The van der Waals surface area contributed by atoms with E-state index in [4.69, 9.17) is 9.47 Å². The summed E-state index contributed by atoms with van der Waals surface area (Å²) in [5.41, 5.74) is 0.693. The first kappa shape index (κ1) is 14.9. The highest BCUT2D eigenvalue weighted by atomic mass is 16.5. The zero-order valence-electron chi connectivity index (χ0n) is 12.5. The van der Waals surface area contributed by atoms with E-state index in [0.29, 0.717) is 11.3 Å². The lowest BCUT2D eigenvalue weighted by atomic mass is 9.85. The topological polar surface area (TPSA) is 35.5 Å². The van der Waals surface area contributed by atoms with E-state index in [1.54, 1.807) is 20.3 Å². The Morgan fingerprint density at radius 1 is 1.00 bits per heavy atom. The van der Waals surface area contributed by atoms with Crippen LogP contribution in [0.2, 0.25) is 0 Å². The second-order valence-corrected chi connectivity index (χ2v) is 5.47. The number of hydrogen-bond acceptors (Lipinski definition) is 3. The molecule has 2 rings (SSSR count). The molecule has 3 heteroatoms. The molecule has 1 saturated carbocycles. The molecule has 3 nitrogen and oxygen atoms in total. The molecule has 0 amide bonds. The molecule has 20 heavy (non-hydrogen) atoms. The van der Waals surface area contributed by atoms with Gasteiger partial charge < -0.3 is 9.47 Å². The first-order valence-corrected chi connectivity index (χ1v) is 7.52. The van der Waals surface area contributed by atoms with Gasteiger partial charge in [-0.2, -0.15) is 0 Å². The van der Waals surface area contributed by atoms with Crippen molar-refractivity contribution < 1.29 is 14.3 Å². The molecule has 0 saturated heterocycles. The summed E-state index contributed by atoms with van der Waals surface area (Å²) < 4.78 is 10.5. The molecule has 0 aliphatic heterocycles. The Labute approximate surface area is 121 Å². The molecule has 0 N–H and O–H groups in total. The first-order chi connectivity index (χ1) is 9.76. The van der Waals surface area contributed by atoms with Crippen LogP contribution >= 0.6 is 0 Å². The summed E-state index contributed by atoms with van der Waals surface area (Å²) in [7, 11) is 3.22. The van der Waals surface area contributed by atoms with Gasteiger partial charge in [0.15, 0.2) is 5.78 Å². The van der Waals surface area contributed by atoms with E-state index in [0.717, 1.165) is 31.4 Å². The van der Waals surface area contributed by atoms with Crippen LogP contribution < -0.4 is 9.47 Å². The second-order valence-electron chi connectivity index (χ2n) is 5.47. The molecule has 0 bridgehead atoms. The van der Waals surface area contributed by atoms with Gasteiger partial charge in [-0.3, -0.25) is 4.79 Å². The Morgan fingerprint density at radius 2 is 1.65 bits per heavy atom. The summed E-state index contributed by atoms with van der Waals surface area (Å²) in [6, 6.07) is 5.45. The van der Waals surface area contributed by atoms with E-state index < -0.39 is 0 Å². The highest BCUT2D eigenvalue weighted by Crippen LogP contribution is 2.31. The average Bonchev–Trinajstić information content (AvgIpc) is 2.45. The fraction of sp³-hybridized carbons (Fsp3) is 0.588. The molecule has 0 radical (unpaired) electrons. The molecule has 0 atom stereocenters. The first-order valence-electron chi connectivity index (χ1n) is 7.52. The fourth-order valence-corrected chi connectivity index (χ4v) is 2.94. The van der Waals surface area contributed by atoms with Crippen molar-refractivity contribution in [1.29, 1.82) is 0 Å². The van der Waals surface area contributed by atoms with E-state index in [1.807, 2.05) is 12.1 Å². The van der Waals surface area contributed by atoms with Gasteiger partial charge in [0.25, 0.3) is 0 Å². The van der Waals surface area contributed by atoms with Crippen molar-refractivity contribution in [3.63, 3.8) is 0 Å². The number of carbonyl (C=O) groups excluding carboxylic acids is 1. The molecule has 1 fully saturated rings. The second kappa shape index (κ2) is 7.32. The normalized spacial score (nSPS) is 17.1. The summed E-state index contributed by atoms with van der Waals surface area (Å²) >= 11 is 0. The SMILES string of the molecule is COc1ccc(C(=O)C2CCCCCCC2)c(OC)c1. The Bertz CT molecular complexity index is 446. The molecule has 0 aromatic heterocycles. The number of hydrogen-bond donors (Lipinski definition) is 0. The van der Waals surface area contributed by atoms with Gasteiger partial charge >= 0.3 is 0 Å². The van der Waals surface area contributed by atoms with Gasteiger partial charge in [-0.25, -0.2) is 0 Å². The predicted octanol–water partition coefficient (Wildman–Crippen LogP) is 4.25. The third-order valence-corrected chi connectivity index (χ3v) is 4.15. The van der Waals surface area contributed by atoms with Crippen molar-refractivity contribution in [2.24, 2.45) is 5.92 Å². The van der Waals surface area contributed by atoms with Crippen molar-refractivity contribution in [3.8, 4) is 11.5 Å². The Hall–Kier alpha value is -1.51. The number of ketones is 1. The Kier molecular flexibility index (Phi) is 5.45. The minimum atomic E-state index is 0.151. The molecule has 1 aromatic rings. The molecule has 1 aliphatic carbocycles. The van der Waals surface area contributed by atoms with Crippen LogP contribution in [0.4, 0.5) is 0 Å². The van der Waals surface area contributed by atoms with E-state index in [-0.39, 0.29) is 11.7 Å². The van der Waals surface area contributed by atoms with Crippen LogP contribution in [0.1, 0.15) is 55.3 Å². The minimum Gasteiger partial charge on any atom is -0.497 e. The van der Waals surface area contributed by atoms with Gasteiger partial charge in [0.2, 0.25) is 0 Å². The van der Waals surface area contributed by atoms with Crippen LogP contribution in [0.15, 0.2) is 18.2 Å². The zero-order valence-corrected chi connectivity index (χ0v) is 12.5. The van der Waals surface area contributed by atoms with Crippen LogP contribution in [0.25, 0.3) is 0 Å². The van der Waals surface area contributed by atoms with Gasteiger partial charge in [-0.15, -0.1) is 0 Å². The Balaban J connectivity index is 2.18. The van der Waals surface area contributed by atoms with E-state index in [1.165, 1.54) is 19.3 Å². The zero-order chi connectivity index (χ0) is 14.4. The molecular formula is C17H24O3. The number of ether oxygens (including phenoxy) is 2. The van der Waals surface area contributed by atoms with Crippen molar-refractivity contribution in [2.75, 3.05) is 14.2 Å². The maximum absolute atomic E-state index is 12.7. The smallest absolute Gasteiger partial charge is 0.169 e. The average molecular weight is 276 g/mol. The highest BCUT2D eigenvalue weighted by molar-refractivity contribution is 6.00. The predicted molar refractivity (Wildman–Crippen MR) is 79.7 cm³/mol. The van der Waals surface area contributed by atoms with Crippen LogP contribution in [0.5, 0.6) is 11.5 Å². The molecule has 1 aromatic carbocycles. The standard InChI is InChI=1S/C17H24O3/c1-19-14-10-11-15(16(12-14)20-2)17(18)13-8-6-4-3-5-7-9-13/h10-13H,3-9H2,1-2H3. The van der Waals surface area contributed by atoms with E-state index in [2.05, 4.69) is 0 Å². The molecule has 110 valence electrons. The van der Waals surface area contributed by atoms with Crippen LogP contribution in [0, 0.1) is 5.92 Å². The van der Waals surface area contributed by atoms with Crippen molar-refractivity contribution in [1.82, 2.24) is 0 Å². The van der Waals surface area contributed by atoms with Crippen LogP contribution in [0.3, 0.4) is 0 Å². The lowest BCUT2D eigenvalue weighted by Crippen LogP contribution is -2.17. The van der Waals surface area contributed by atoms with E-state index >= 15 is 0 Å². The van der Waals surface area contributed by atoms with Gasteiger partial charge in [-0.05, 0) is 25.0 Å². The molecule has 0 heterocycles. The number of Topliss-reactive ketones (excluding diaryl/α,β-unsaturated/α-hetero) is 1. The van der Waals surface area contributed by atoms with Gasteiger partial charge in [-0.1, -0.05) is 32.1 Å². The summed E-state index contributed by atoms with van der Waals surface area (Å²) in [4.78, 5) is 12.7. The molecule has 0 unspecified atom stereocenters. The van der Waals surface area contributed by atoms with Crippen molar-refractivity contribution >= 4 is 5.78 Å². The molecule has 1 aliphatic rings. The lowest BCUT2D eigenvalue weighted by molar-refractivity contribution is 0.0895. The summed E-state index contributed by atoms with van der Waals surface area (Å²) in [6.07, 6.45) is 8.16. The summed E-state index contributed by atoms with van der Waals surface area (Å²) in [6.45, 7) is 0. The quantitative estimate of drug-likeness (QED) is 0.771. The monoisotopic (exact) mass is 276 g/mol. The largest absolute Gasteiger partial charge is 0.497 e. The molecular weight excluding hydrogens is 252 g/mol. The number of carbonyl (C=O) groups is 1. The molecule has 0 spiro atoms. The van der Waals surface area contributed by atoms with E-state index in [9.17, 15) is 4.79 Å². The van der Waals surface area contributed by atoms with Gasteiger partial charge in [0, 0.05) is 12.0 Å². The number of methoxy groups -OCH3 is 2.